The molecular weight excluding hydrogens is 340 g/mol. The summed E-state index contributed by atoms with van der Waals surface area (Å²) >= 11 is 0. The summed E-state index contributed by atoms with van der Waals surface area (Å²) in [4.78, 5) is 0. The van der Waals surface area contributed by atoms with Crippen molar-refractivity contribution >= 4 is 0 Å². The molecule has 1 heteroatoms. The fraction of sp³-hybridized carbons (Fsp3) is 1.00. The van der Waals surface area contributed by atoms with Gasteiger partial charge in [-0.15, -0.1) is 0 Å². The van der Waals surface area contributed by atoms with Gasteiger partial charge < -0.3 is 5.11 Å². The molecule has 0 amide bonds. The molecule has 9 atom stereocenters. The minimum Gasteiger partial charge on any atom is -0.396 e. The number of rotatable bonds is 6. The van der Waals surface area contributed by atoms with Gasteiger partial charge in [-0.1, -0.05) is 53.9 Å². The number of aliphatic hydroxyl groups excluding tert-OH is 1. The van der Waals surface area contributed by atoms with Crippen molar-refractivity contribution in [3.8, 4) is 0 Å². The standard InChI is InChI=1S/C27H48O/c1-18(2)7-6-8-19(3)22-11-12-24-21-9-10-23-20(17-28)13-15-27(23,5)25(21)14-16-26(22,24)4/h18-25,28H,6-17H2,1-5H3/t19-,20-,21+,22-,23+,24+,25+,26-,27+/m1/s1. The molecule has 4 saturated carbocycles. The topological polar surface area (TPSA) is 20.2 Å². The second-order valence-electron chi connectivity index (χ2n) is 12.6. The van der Waals surface area contributed by atoms with Gasteiger partial charge in [0, 0.05) is 6.61 Å². The fourth-order valence-corrected chi connectivity index (χ4v) is 9.57. The van der Waals surface area contributed by atoms with E-state index < -0.39 is 0 Å². The normalized spacial score (nSPS) is 49.0. The zero-order valence-corrected chi connectivity index (χ0v) is 19.6. The van der Waals surface area contributed by atoms with Crippen molar-refractivity contribution in [2.75, 3.05) is 6.61 Å². The van der Waals surface area contributed by atoms with Crippen molar-refractivity contribution in [3.63, 3.8) is 0 Å². The van der Waals surface area contributed by atoms with Crippen molar-refractivity contribution < 1.29 is 5.11 Å². The summed E-state index contributed by atoms with van der Waals surface area (Å²) in [6, 6.07) is 0. The lowest BCUT2D eigenvalue weighted by Crippen LogP contribution is -2.51. The van der Waals surface area contributed by atoms with Crippen molar-refractivity contribution in [1.82, 2.24) is 0 Å². The second-order valence-corrected chi connectivity index (χ2v) is 12.6. The van der Waals surface area contributed by atoms with Crippen molar-refractivity contribution in [3.05, 3.63) is 0 Å². The van der Waals surface area contributed by atoms with E-state index in [1.54, 1.807) is 0 Å². The maximum atomic E-state index is 9.91. The molecule has 0 unspecified atom stereocenters. The summed E-state index contributed by atoms with van der Waals surface area (Å²) in [6.07, 6.45) is 15.9. The SMILES string of the molecule is CC(C)CCC[C@@H](C)[C@H]1CC[C@H]2[C@@H]3CC[C@H]4[C@@H](CO)CC[C@]4(C)[C@H]3CC[C@]12C. The molecule has 4 fully saturated rings. The average molecular weight is 389 g/mol. The van der Waals surface area contributed by atoms with Gasteiger partial charge in [0.2, 0.25) is 0 Å². The molecule has 0 radical (unpaired) electrons. The molecule has 0 spiro atoms. The lowest BCUT2D eigenvalue weighted by atomic mass is 9.46. The largest absolute Gasteiger partial charge is 0.396 e. The molecule has 4 rings (SSSR count). The molecule has 0 aromatic rings. The van der Waals surface area contributed by atoms with E-state index >= 15 is 0 Å². The first kappa shape index (κ1) is 21.2. The molecule has 0 aromatic carbocycles. The Bertz CT molecular complexity index is 540. The highest BCUT2D eigenvalue weighted by Gasteiger charge is 2.61. The highest BCUT2D eigenvalue weighted by atomic mass is 16.3. The molecule has 4 aliphatic carbocycles. The Morgan fingerprint density at radius 1 is 0.786 bits per heavy atom. The molecule has 0 bridgehead atoms. The molecule has 1 nitrogen and oxygen atoms in total. The van der Waals surface area contributed by atoms with E-state index in [0.717, 1.165) is 41.4 Å². The van der Waals surface area contributed by atoms with Crippen LogP contribution in [-0.2, 0) is 0 Å². The van der Waals surface area contributed by atoms with Gasteiger partial charge in [-0.3, -0.25) is 0 Å². The van der Waals surface area contributed by atoms with E-state index in [1.807, 2.05) is 0 Å². The van der Waals surface area contributed by atoms with Gasteiger partial charge >= 0.3 is 0 Å². The Labute approximate surface area is 175 Å². The van der Waals surface area contributed by atoms with E-state index in [0.29, 0.717) is 23.4 Å². The van der Waals surface area contributed by atoms with Crippen LogP contribution in [0.2, 0.25) is 0 Å². The zero-order chi connectivity index (χ0) is 20.1. The van der Waals surface area contributed by atoms with Crippen molar-refractivity contribution in [1.29, 1.82) is 0 Å². The zero-order valence-electron chi connectivity index (χ0n) is 19.6. The predicted octanol–water partition coefficient (Wildman–Crippen LogP) is 7.33. The summed E-state index contributed by atoms with van der Waals surface area (Å²) in [5.74, 6) is 7.12. The Balaban J connectivity index is 1.46. The molecule has 4 aliphatic rings. The van der Waals surface area contributed by atoms with E-state index in [1.165, 1.54) is 70.6 Å². The van der Waals surface area contributed by atoms with Crippen molar-refractivity contribution in [2.24, 2.45) is 58.2 Å². The molecule has 162 valence electrons. The van der Waals surface area contributed by atoms with Crippen LogP contribution in [0.3, 0.4) is 0 Å². The summed E-state index contributed by atoms with van der Waals surface area (Å²) < 4.78 is 0. The average Bonchev–Trinajstić information content (AvgIpc) is 3.17. The van der Waals surface area contributed by atoms with Crippen LogP contribution in [0, 0.1) is 58.2 Å². The monoisotopic (exact) mass is 388 g/mol. The van der Waals surface area contributed by atoms with Crippen LogP contribution in [0.4, 0.5) is 0 Å². The van der Waals surface area contributed by atoms with Gasteiger partial charge in [0.25, 0.3) is 0 Å². The van der Waals surface area contributed by atoms with Crippen LogP contribution in [0.25, 0.3) is 0 Å². The van der Waals surface area contributed by atoms with Gasteiger partial charge in [0.05, 0.1) is 0 Å². The number of fused-ring (bicyclic) bond motifs is 5. The van der Waals surface area contributed by atoms with Crippen LogP contribution in [0.5, 0.6) is 0 Å². The first-order valence-electron chi connectivity index (χ1n) is 12.9. The third-order valence-corrected chi connectivity index (χ3v) is 11.0. The Kier molecular flexibility index (Phi) is 5.98. The minimum absolute atomic E-state index is 0.439. The maximum Gasteiger partial charge on any atom is 0.0462 e. The van der Waals surface area contributed by atoms with E-state index in [-0.39, 0.29) is 0 Å². The van der Waals surface area contributed by atoms with Crippen LogP contribution in [0.1, 0.15) is 105 Å². The Morgan fingerprint density at radius 3 is 2.18 bits per heavy atom. The quantitative estimate of drug-likeness (QED) is 0.505. The highest BCUT2D eigenvalue weighted by Crippen LogP contribution is 2.69. The van der Waals surface area contributed by atoms with E-state index in [2.05, 4.69) is 34.6 Å². The highest BCUT2D eigenvalue weighted by molar-refractivity contribution is 5.10. The summed E-state index contributed by atoms with van der Waals surface area (Å²) in [6.45, 7) is 13.1. The number of aliphatic hydroxyl groups is 1. The van der Waals surface area contributed by atoms with Gasteiger partial charge in [-0.05, 0) is 110 Å². The third-order valence-electron chi connectivity index (χ3n) is 11.0. The molecule has 0 heterocycles. The number of hydrogen-bond donors (Lipinski definition) is 1. The summed E-state index contributed by atoms with van der Waals surface area (Å²) in [5.41, 5.74) is 1.16. The molecule has 0 aliphatic heterocycles. The second kappa shape index (κ2) is 7.90. The molecule has 28 heavy (non-hydrogen) atoms. The Morgan fingerprint density at radius 2 is 1.46 bits per heavy atom. The Hall–Kier alpha value is -0.0400. The molecular formula is C27H48O. The van der Waals surface area contributed by atoms with E-state index in [4.69, 9.17) is 0 Å². The van der Waals surface area contributed by atoms with Gasteiger partial charge in [-0.25, -0.2) is 0 Å². The lowest BCUT2D eigenvalue weighted by Gasteiger charge is -2.58. The van der Waals surface area contributed by atoms with Crippen LogP contribution < -0.4 is 0 Å². The van der Waals surface area contributed by atoms with Crippen LogP contribution in [0.15, 0.2) is 0 Å². The first-order valence-corrected chi connectivity index (χ1v) is 12.9. The summed E-state index contributed by atoms with van der Waals surface area (Å²) in [5, 5.41) is 9.91. The molecule has 0 aromatic heterocycles. The lowest BCUT2D eigenvalue weighted by molar-refractivity contribution is -0.0975. The van der Waals surface area contributed by atoms with E-state index in [9.17, 15) is 5.11 Å². The summed E-state index contributed by atoms with van der Waals surface area (Å²) in [7, 11) is 0. The third kappa shape index (κ3) is 3.30. The molecule has 0 saturated heterocycles. The smallest absolute Gasteiger partial charge is 0.0462 e. The first-order chi connectivity index (χ1) is 13.3. The number of hydrogen-bond acceptors (Lipinski definition) is 1. The van der Waals surface area contributed by atoms with Crippen LogP contribution >= 0.6 is 0 Å². The van der Waals surface area contributed by atoms with Crippen molar-refractivity contribution in [2.45, 2.75) is 105 Å². The van der Waals surface area contributed by atoms with Crippen LogP contribution in [-0.4, -0.2) is 11.7 Å². The van der Waals surface area contributed by atoms with Gasteiger partial charge in [0.1, 0.15) is 0 Å². The van der Waals surface area contributed by atoms with Gasteiger partial charge in [-0.2, -0.15) is 0 Å². The molecule has 1 N–H and O–H groups in total. The minimum atomic E-state index is 0.439. The fourth-order valence-electron chi connectivity index (χ4n) is 9.57. The predicted molar refractivity (Wildman–Crippen MR) is 119 cm³/mol. The maximum absolute atomic E-state index is 9.91. The van der Waals surface area contributed by atoms with Gasteiger partial charge in [0.15, 0.2) is 0 Å².